The molecule has 0 radical (unpaired) electrons. The van der Waals surface area contributed by atoms with E-state index in [9.17, 15) is 29.7 Å². The van der Waals surface area contributed by atoms with Crippen LogP contribution in [-0.2, 0) is 49.3 Å². The number of cyclic esters (lactones) is 1. The first-order valence-corrected chi connectivity index (χ1v) is 22.9. The first-order chi connectivity index (χ1) is 28.9. The lowest BCUT2D eigenvalue weighted by Gasteiger charge is -2.49. The SMILES string of the molecule is CC[C@H]1OC(=O)[C@H](C)[C@@H](O[C@@H]2C[C@@H](C)[C@H](OC(=O)NCc3ccc(Br)cc3)[C@](C)(O)C2)[C@H](C)[C@@H](O[C@@H]2O[C@H](C)C[C@H](N(C)C)[C@H]2O)[C@@](C)(OC)C[C@@H](C)C(=O)C[C@@H](OC)[C@]1(C)O. The summed E-state index contributed by atoms with van der Waals surface area (Å²) in [5.41, 5.74) is -3.62. The van der Waals surface area contributed by atoms with Gasteiger partial charge in [0.2, 0.25) is 0 Å². The first-order valence-electron chi connectivity index (χ1n) is 22.1. The fourth-order valence-electron chi connectivity index (χ4n) is 9.96. The van der Waals surface area contributed by atoms with Crippen LogP contribution in [0, 0.1) is 23.7 Å². The number of amides is 1. The predicted octanol–water partition coefficient (Wildman–Crippen LogP) is 5.55. The summed E-state index contributed by atoms with van der Waals surface area (Å²) in [5, 5.41) is 38.3. The van der Waals surface area contributed by atoms with Crippen molar-refractivity contribution >= 4 is 33.8 Å². The number of esters is 1. The van der Waals surface area contributed by atoms with Crippen LogP contribution >= 0.6 is 15.9 Å². The van der Waals surface area contributed by atoms with Crippen LogP contribution in [0.3, 0.4) is 0 Å². The molecule has 2 saturated heterocycles. The Hall–Kier alpha value is -2.25. The third kappa shape index (κ3) is 12.5. The van der Waals surface area contributed by atoms with Crippen molar-refractivity contribution in [1.29, 1.82) is 0 Å². The molecule has 16 heteroatoms. The van der Waals surface area contributed by atoms with Gasteiger partial charge in [-0.2, -0.15) is 0 Å². The van der Waals surface area contributed by atoms with E-state index in [0.29, 0.717) is 12.8 Å². The summed E-state index contributed by atoms with van der Waals surface area (Å²) in [5.74, 6) is -3.52. The van der Waals surface area contributed by atoms with Crippen LogP contribution in [0.2, 0.25) is 0 Å². The zero-order valence-electron chi connectivity index (χ0n) is 39.1. The maximum absolute atomic E-state index is 14.5. The molecule has 3 aliphatic rings. The van der Waals surface area contributed by atoms with E-state index in [2.05, 4.69) is 21.2 Å². The number of rotatable bonds is 11. The van der Waals surface area contributed by atoms with Gasteiger partial charge in [0.1, 0.15) is 35.3 Å². The Balaban J connectivity index is 1.74. The van der Waals surface area contributed by atoms with Crippen LogP contribution in [0.15, 0.2) is 28.7 Å². The van der Waals surface area contributed by atoms with Crippen molar-refractivity contribution in [3.05, 3.63) is 34.3 Å². The van der Waals surface area contributed by atoms with Gasteiger partial charge in [0.05, 0.1) is 42.0 Å². The maximum atomic E-state index is 14.5. The first kappa shape index (κ1) is 52.4. The number of carbonyl (C=O) groups excluding carboxylic acids is 3. The molecule has 4 rings (SSSR count). The van der Waals surface area contributed by atoms with Crippen LogP contribution in [0.1, 0.15) is 106 Å². The molecule has 354 valence electrons. The zero-order valence-corrected chi connectivity index (χ0v) is 40.7. The maximum Gasteiger partial charge on any atom is 0.407 e. The number of nitrogens with zero attached hydrogens (tertiary/aromatic N) is 1. The predicted molar refractivity (Wildman–Crippen MR) is 235 cm³/mol. The van der Waals surface area contributed by atoms with E-state index in [0.717, 1.165) is 10.0 Å². The fraction of sp³-hybridized carbons (Fsp3) is 0.804. The third-order valence-corrected chi connectivity index (χ3v) is 14.2. The van der Waals surface area contributed by atoms with Gasteiger partial charge in [0.15, 0.2) is 6.29 Å². The minimum Gasteiger partial charge on any atom is -0.459 e. The van der Waals surface area contributed by atoms with Crippen molar-refractivity contribution in [3.8, 4) is 0 Å². The Morgan fingerprint density at radius 1 is 0.968 bits per heavy atom. The van der Waals surface area contributed by atoms with Gasteiger partial charge >= 0.3 is 12.1 Å². The van der Waals surface area contributed by atoms with Gasteiger partial charge in [-0.15, -0.1) is 0 Å². The van der Waals surface area contributed by atoms with E-state index in [1.54, 1.807) is 27.7 Å². The molecular formula is C46H75BrN2O13. The fourth-order valence-corrected chi connectivity index (χ4v) is 10.2. The average Bonchev–Trinajstić information content (AvgIpc) is 3.20. The summed E-state index contributed by atoms with van der Waals surface area (Å²) >= 11 is 3.42. The number of aliphatic hydroxyl groups is 3. The molecule has 1 amide bonds. The van der Waals surface area contributed by atoms with Gasteiger partial charge in [0, 0.05) is 56.0 Å². The molecule has 4 N–H and O–H groups in total. The second-order valence-corrected chi connectivity index (χ2v) is 20.1. The molecule has 0 bridgehead atoms. The van der Waals surface area contributed by atoms with Crippen LogP contribution < -0.4 is 5.32 Å². The van der Waals surface area contributed by atoms with Crippen molar-refractivity contribution in [2.24, 2.45) is 23.7 Å². The average molecular weight is 944 g/mol. The van der Waals surface area contributed by atoms with Gasteiger partial charge in [-0.25, -0.2) is 4.79 Å². The quantitative estimate of drug-likeness (QED) is 0.202. The number of hydrogen-bond donors (Lipinski definition) is 4. The summed E-state index contributed by atoms with van der Waals surface area (Å²) in [6, 6.07) is 7.23. The summed E-state index contributed by atoms with van der Waals surface area (Å²) in [6.07, 6.45) is -7.36. The molecule has 2 heterocycles. The Morgan fingerprint density at radius 2 is 1.61 bits per heavy atom. The number of carbonyl (C=O) groups is 3. The summed E-state index contributed by atoms with van der Waals surface area (Å²) in [4.78, 5) is 43.5. The lowest BCUT2D eigenvalue weighted by atomic mass is 9.74. The number of halogens is 1. The second kappa shape index (κ2) is 21.8. The smallest absolute Gasteiger partial charge is 0.407 e. The van der Waals surface area contributed by atoms with Crippen LogP contribution in [0.25, 0.3) is 0 Å². The molecule has 0 unspecified atom stereocenters. The molecule has 62 heavy (non-hydrogen) atoms. The van der Waals surface area contributed by atoms with E-state index < -0.39 is 95.6 Å². The topological polar surface area (TPSA) is 192 Å². The number of ketones is 1. The minimum absolute atomic E-state index is 0.0554. The highest BCUT2D eigenvalue weighted by Crippen LogP contribution is 2.42. The number of likely N-dealkylation sites (N-methyl/N-ethyl adjacent to an activating group) is 1. The van der Waals surface area contributed by atoms with E-state index in [1.807, 2.05) is 71.0 Å². The summed E-state index contributed by atoms with van der Waals surface area (Å²) in [7, 11) is 6.72. The lowest BCUT2D eigenvalue weighted by Crippen LogP contribution is -2.60. The number of benzene rings is 1. The normalized spacial score (nSPS) is 41.6. The third-order valence-electron chi connectivity index (χ3n) is 13.7. The largest absolute Gasteiger partial charge is 0.459 e. The zero-order chi connectivity index (χ0) is 46.5. The highest BCUT2D eigenvalue weighted by Gasteiger charge is 2.53. The summed E-state index contributed by atoms with van der Waals surface area (Å²) in [6.45, 7) is 16.1. The number of aliphatic hydroxyl groups excluding tert-OH is 1. The molecule has 0 spiro atoms. The van der Waals surface area contributed by atoms with Crippen LogP contribution in [0.4, 0.5) is 4.79 Å². The molecule has 0 aromatic heterocycles. The highest BCUT2D eigenvalue weighted by atomic mass is 79.9. The van der Waals surface area contributed by atoms with Crippen molar-refractivity contribution in [1.82, 2.24) is 10.2 Å². The second-order valence-electron chi connectivity index (χ2n) is 19.2. The molecule has 1 saturated carbocycles. The standard InChI is InChI=1S/C46H75BrN2O13/c1-14-35-46(9,55)36(56-12)21-34(50)26(3)22-45(8,57-13)40(61-42-37(51)33(49(10)11)20-27(4)58-42)28(5)38(29(6)41(52)60-35)59-32-19-25(2)39(44(7,54)23-32)62-43(53)48-24-30-15-17-31(47)18-16-30/h15-18,25-29,32-33,35-40,42,51,54-55H,14,19-24H2,1-13H3,(H,48,53)/t25-,26-,27-,28+,29-,32-,33+,35-,36-,37-,38+,39+,40-,42+,44-,45+,46-/m1/s1. The van der Waals surface area contributed by atoms with Gasteiger partial charge < -0.3 is 58.7 Å². The number of alkyl carbamates (subject to hydrolysis) is 1. The Morgan fingerprint density at radius 3 is 2.18 bits per heavy atom. The number of Topliss-reactive ketones (excluding diaryl/α,β-unsaturated/α-hetero) is 1. The number of methoxy groups -OCH3 is 2. The van der Waals surface area contributed by atoms with Crippen LogP contribution in [0.5, 0.6) is 0 Å². The van der Waals surface area contributed by atoms with E-state index in [4.69, 9.17) is 33.2 Å². The Bertz CT molecular complexity index is 1630. The van der Waals surface area contributed by atoms with Gasteiger partial charge in [-0.3, -0.25) is 9.59 Å². The number of nitrogens with one attached hydrogen (secondary N) is 1. The number of hydrogen-bond acceptors (Lipinski definition) is 14. The van der Waals surface area contributed by atoms with E-state index in [-0.39, 0.29) is 56.1 Å². The lowest BCUT2D eigenvalue weighted by molar-refractivity contribution is -0.304. The van der Waals surface area contributed by atoms with Crippen molar-refractivity contribution < 1.29 is 62.9 Å². The minimum atomic E-state index is -1.73. The molecular weight excluding hydrogens is 868 g/mol. The summed E-state index contributed by atoms with van der Waals surface area (Å²) < 4.78 is 45.2. The monoisotopic (exact) mass is 942 g/mol. The van der Waals surface area contributed by atoms with Gasteiger partial charge in [0.25, 0.3) is 0 Å². The van der Waals surface area contributed by atoms with Gasteiger partial charge in [-0.05, 0) is 98.0 Å². The van der Waals surface area contributed by atoms with Crippen LogP contribution in [-0.4, -0.2) is 144 Å². The molecule has 3 fully saturated rings. The highest BCUT2D eigenvalue weighted by molar-refractivity contribution is 9.10. The molecule has 1 aromatic carbocycles. The van der Waals surface area contributed by atoms with Crippen molar-refractivity contribution in [3.63, 3.8) is 0 Å². The van der Waals surface area contributed by atoms with Crippen molar-refractivity contribution in [2.75, 3.05) is 28.3 Å². The molecule has 1 aliphatic carbocycles. The van der Waals surface area contributed by atoms with E-state index in [1.165, 1.54) is 21.1 Å². The van der Waals surface area contributed by atoms with Crippen molar-refractivity contribution in [2.45, 2.75) is 185 Å². The van der Waals surface area contributed by atoms with E-state index >= 15 is 0 Å². The number of ether oxygens (including phenoxy) is 7. The molecule has 15 nitrogen and oxygen atoms in total. The Labute approximate surface area is 377 Å². The van der Waals surface area contributed by atoms with Gasteiger partial charge in [-0.1, -0.05) is 55.8 Å². The molecule has 2 aliphatic heterocycles. The molecule has 1 aromatic rings. The molecule has 17 atom stereocenters. The Kier molecular flexibility index (Phi) is 18.4.